The highest BCUT2D eigenvalue weighted by Gasteiger charge is 2.12. The Labute approximate surface area is 81.1 Å². The van der Waals surface area contributed by atoms with Gasteiger partial charge in [0.15, 0.2) is 11.6 Å². The van der Waals surface area contributed by atoms with E-state index in [4.69, 9.17) is 0 Å². The highest BCUT2D eigenvalue weighted by molar-refractivity contribution is 5.93. The molecule has 0 radical (unpaired) electrons. The van der Waals surface area contributed by atoms with Crippen LogP contribution in [0, 0.1) is 11.6 Å². The first-order chi connectivity index (χ1) is 6.56. The molecule has 0 spiro atoms. The highest BCUT2D eigenvalue weighted by Crippen LogP contribution is 2.10. The van der Waals surface area contributed by atoms with Crippen molar-refractivity contribution in [2.24, 2.45) is 0 Å². The molecule has 0 heterocycles. The van der Waals surface area contributed by atoms with Crippen LogP contribution in [0.1, 0.15) is 17.3 Å². The van der Waals surface area contributed by atoms with E-state index in [9.17, 15) is 13.6 Å². The van der Waals surface area contributed by atoms with Crippen LogP contribution in [0.25, 0.3) is 0 Å². The third kappa shape index (κ3) is 2.07. The van der Waals surface area contributed by atoms with Gasteiger partial charge in [0.05, 0.1) is 0 Å². The van der Waals surface area contributed by atoms with Gasteiger partial charge in [-0.3, -0.25) is 4.79 Å². The lowest BCUT2D eigenvalue weighted by Gasteiger charge is -2.14. The second-order valence-corrected chi connectivity index (χ2v) is 2.95. The number of halogens is 2. The maximum Gasteiger partial charge on any atom is 0.253 e. The van der Waals surface area contributed by atoms with Crippen molar-refractivity contribution < 1.29 is 13.6 Å². The summed E-state index contributed by atoms with van der Waals surface area (Å²) >= 11 is 0. The third-order valence-corrected chi connectivity index (χ3v) is 1.99. The van der Waals surface area contributed by atoms with Gasteiger partial charge in [0, 0.05) is 19.2 Å². The van der Waals surface area contributed by atoms with Gasteiger partial charge < -0.3 is 4.90 Å². The quantitative estimate of drug-likeness (QED) is 0.713. The zero-order valence-electron chi connectivity index (χ0n) is 8.05. The first kappa shape index (κ1) is 10.6. The van der Waals surface area contributed by atoms with Gasteiger partial charge >= 0.3 is 0 Å². The monoisotopic (exact) mass is 199 g/mol. The van der Waals surface area contributed by atoms with Gasteiger partial charge in [-0.05, 0) is 25.1 Å². The van der Waals surface area contributed by atoms with Crippen molar-refractivity contribution in [1.82, 2.24) is 4.90 Å². The van der Waals surface area contributed by atoms with Gasteiger partial charge in [-0.1, -0.05) is 0 Å². The molecular weight excluding hydrogens is 188 g/mol. The SMILES string of the molecule is CCN(C)C(=O)c1ccc(F)c(F)c1. The minimum Gasteiger partial charge on any atom is -0.342 e. The van der Waals surface area contributed by atoms with Gasteiger partial charge in [-0.25, -0.2) is 8.78 Å². The van der Waals surface area contributed by atoms with Crippen LogP contribution in [-0.2, 0) is 0 Å². The lowest BCUT2D eigenvalue weighted by Crippen LogP contribution is -2.26. The summed E-state index contributed by atoms with van der Waals surface area (Å²) in [5.74, 6) is -2.26. The van der Waals surface area contributed by atoms with E-state index >= 15 is 0 Å². The molecule has 0 aliphatic carbocycles. The standard InChI is InChI=1S/C10H11F2NO/c1-3-13(2)10(14)7-4-5-8(11)9(12)6-7/h4-6H,3H2,1-2H3. The Morgan fingerprint density at radius 2 is 2.00 bits per heavy atom. The Balaban J connectivity index is 2.97. The molecule has 0 N–H and O–H groups in total. The number of benzene rings is 1. The normalized spacial score (nSPS) is 10.0. The minimum atomic E-state index is -1.000. The molecule has 1 rings (SSSR count). The Morgan fingerprint density at radius 1 is 1.36 bits per heavy atom. The van der Waals surface area contributed by atoms with Gasteiger partial charge in [0.25, 0.3) is 5.91 Å². The van der Waals surface area contributed by atoms with Crippen molar-refractivity contribution >= 4 is 5.91 Å². The fraction of sp³-hybridized carbons (Fsp3) is 0.300. The molecule has 1 aromatic carbocycles. The molecule has 2 nitrogen and oxygen atoms in total. The second-order valence-electron chi connectivity index (χ2n) is 2.95. The number of rotatable bonds is 2. The van der Waals surface area contributed by atoms with E-state index in [1.54, 1.807) is 14.0 Å². The van der Waals surface area contributed by atoms with Crippen molar-refractivity contribution in [2.75, 3.05) is 13.6 Å². The molecule has 1 aromatic rings. The molecule has 76 valence electrons. The van der Waals surface area contributed by atoms with Crippen LogP contribution in [0.4, 0.5) is 8.78 Å². The Bertz CT molecular complexity index is 352. The zero-order valence-corrected chi connectivity index (χ0v) is 8.05. The van der Waals surface area contributed by atoms with E-state index < -0.39 is 11.6 Å². The summed E-state index contributed by atoms with van der Waals surface area (Å²) in [6.07, 6.45) is 0. The summed E-state index contributed by atoms with van der Waals surface area (Å²) in [7, 11) is 1.60. The molecule has 0 atom stereocenters. The molecule has 0 aromatic heterocycles. The number of amides is 1. The summed E-state index contributed by atoms with van der Waals surface area (Å²) in [6, 6.07) is 3.13. The van der Waals surface area contributed by atoms with E-state index in [0.717, 1.165) is 12.1 Å². The Kier molecular flexibility index (Phi) is 3.17. The Hall–Kier alpha value is -1.45. The second kappa shape index (κ2) is 4.17. The number of hydrogen-bond donors (Lipinski definition) is 0. The molecule has 0 unspecified atom stereocenters. The highest BCUT2D eigenvalue weighted by atomic mass is 19.2. The van der Waals surface area contributed by atoms with E-state index in [1.165, 1.54) is 11.0 Å². The molecular formula is C10H11F2NO. The van der Waals surface area contributed by atoms with Crippen LogP contribution < -0.4 is 0 Å². The summed E-state index contributed by atoms with van der Waals surface area (Å²) in [6.45, 7) is 2.33. The van der Waals surface area contributed by atoms with Crippen molar-refractivity contribution in [3.63, 3.8) is 0 Å². The van der Waals surface area contributed by atoms with Crippen molar-refractivity contribution in [1.29, 1.82) is 0 Å². The van der Waals surface area contributed by atoms with Crippen LogP contribution in [0.5, 0.6) is 0 Å². The molecule has 0 fully saturated rings. The summed E-state index contributed by atoms with van der Waals surface area (Å²) in [4.78, 5) is 12.9. The molecule has 0 saturated carbocycles. The predicted octanol–water partition coefficient (Wildman–Crippen LogP) is 2.06. The largest absolute Gasteiger partial charge is 0.342 e. The summed E-state index contributed by atoms with van der Waals surface area (Å²) < 4.78 is 25.3. The van der Waals surface area contributed by atoms with Crippen molar-refractivity contribution in [3.8, 4) is 0 Å². The Morgan fingerprint density at radius 3 is 2.50 bits per heavy atom. The van der Waals surface area contributed by atoms with E-state index in [1.807, 2.05) is 0 Å². The maximum atomic E-state index is 12.8. The van der Waals surface area contributed by atoms with Crippen LogP contribution >= 0.6 is 0 Å². The molecule has 0 saturated heterocycles. The maximum absolute atomic E-state index is 12.8. The first-order valence-electron chi connectivity index (χ1n) is 4.26. The fourth-order valence-electron chi connectivity index (χ4n) is 0.993. The lowest BCUT2D eigenvalue weighted by molar-refractivity contribution is 0.0802. The fourth-order valence-corrected chi connectivity index (χ4v) is 0.993. The predicted molar refractivity (Wildman–Crippen MR) is 49.0 cm³/mol. The smallest absolute Gasteiger partial charge is 0.253 e. The van der Waals surface area contributed by atoms with Gasteiger partial charge in [-0.2, -0.15) is 0 Å². The van der Waals surface area contributed by atoms with E-state index in [2.05, 4.69) is 0 Å². The third-order valence-electron chi connectivity index (χ3n) is 1.99. The molecule has 0 aliphatic rings. The molecule has 0 aliphatic heterocycles. The van der Waals surface area contributed by atoms with Crippen molar-refractivity contribution in [2.45, 2.75) is 6.92 Å². The van der Waals surface area contributed by atoms with Crippen LogP contribution in [0.2, 0.25) is 0 Å². The lowest BCUT2D eigenvalue weighted by atomic mass is 10.2. The van der Waals surface area contributed by atoms with Gasteiger partial charge in [0.2, 0.25) is 0 Å². The number of hydrogen-bond acceptors (Lipinski definition) is 1. The average Bonchev–Trinajstić information content (AvgIpc) is 2.20. The van der Waals surface area contributed by atoms with Crippen LogP contribution in [-0.4, -0.2) is 24.4 Å². The van der Waals surface area contributed by atoms with Gasteiger partial charge in [0.1, 0.15) is 0 Å². The number of nitrogens with zero attached hydrogens (tertiary/aromatic N) is 1. The van der Waals surface area contributed by atoms with Crippen molar-refractivity contribution in [3.05, 3.63) is 35.4 Å². The van der Waals surface area contributed by atoms with E-state index in [0.29, 0.717) is 6.54 Å². The summed E-state index contributed by atoms with van der Waals surface area (Å²) in [5.41, 5.74) is 0.160. The molecule has 14 heavy (non-hydrogen) atoms. The van der Waals surface area contributed by atoms with Gasteiger partial charge in [-0.15, -0.1) is 0 Å². The average molecular weight is 199 g/mol. The van der Waals surface area contributed by atoms with E-state index in [-0.39, 0.29) is 11.5 Å². The first-order valence-corrected chi connectivity index (χ1v) is 4.26. The van der Waals surface area contributed by atoms with Crippen LogP contribution in [0.3, 0.4) is 0 Å². The minimum absolute atomic E-state index is 0.160. The molecule has 1 amide bonds. The zero-order chi connectivity index (χ0) is 10.7. The number of carbonyl (C=O) groups is 1. The molecule has 0 bridgehead atoms. The topological polar surface area (TPSA) is 20.3 Å². The van der Waals surface area contributed by atoms with Crippen LogP contribution in [0.15, 0.2) is 18.2 Å². The number of carbonyl (C=O) groups excluding carboxylic acids is 1. The molecule has 4 heteroatoms. The summed E-state index contributed by atoms with van der Waals surface area (Å²) in [5, 5.41) is 0.